The van der Waals surface area contributed by atoms with Crippen LogP contribution in [0, 0.1) is 0 Å². The molecule has 7 nitrogen and oxygen atoms in total. The van der Waals surface area contributed by atoms with Crippen molar-refractivity contribution < 1.29 is 4.79 Å². The number of nitrogens with one attached hydrogen (secondary N) is 1. The maximum atomic E-state index is 12.6. The maximum absolute atomic E-state index is 12.6. The highest BCUT2D eigenvalue weighted by molar-refractivity contribution is 6.33. The molecule has 3 heterocycles. The third-order valence-corrected chi connectivity index (χ3v) is 5.02. The minimum Gasteiger partial charge on any atom is -0.355 e. The van der Waals surface area contributed by atoms with Crippen LogP contribution >= 0.6 is 11.6 Å². The molecular weight excluding hydrogens is 328 g/mol. The van der Waals surface area contributed by atoms with Gasteiger partial charge in [0.05, 0.1) is 17.8 Å². The van der Waals surface area contributed by atoms with Gasteiger partial charge in [-0.15, -0.1) is 0 Å². The molecule has 1 aliphatic carbocycles. The number of carbonyl (C=O) groups excluding carboxylic acids is 1. The van der Waals surface area contributed by atoms with Crippen LogP contribution in [0.15, 0.2) is 18.7 Å². The Morgan fingerprint density at radius 2 is 2.00 bits per heavy atom. The summed E-state index contributed by atoms with van der Waals surface area (Å²) in [7, 11) is 0. The van der Waals surface area contributed by atoms with Crippen LogP contribution in [0.3, 0.4) is 0 Å². The molecule has 1 aliphatic heterocycles. The van der Waals surface area contributed by atoms with Crippen LogP contribution < -0.4 is 10.2 Å². The molecular formula is C16H19ClN6O. The molecule has 2 aliphatic rings. The highest BCUT2D eigenvalue weighted by Gasteiger charge is 2.24. The maximum Gasteiger partial charge on any atom is 0.259 e. The van der Waals surface area contributed by atoms with Crippen molar-refractivity contribution in [2.24, 2.45) is 0 Å². The zero-order chi connectivity index (χ0) is 16.5. The molecule has 2 aromatic rings. The fraction of sp³-hybridized carbons (Fsp3) is 0.500. The molecule has 2 aromatic heterocycles. The summed E-state index contributed by atoms with van der Waals surface area (Å²) in [5.41, 5.74) is 0.997. The third kappa shape index (κ3) is 2.84. The molecule has 2 fully saturated rings. The summed E-state index contributed by atoms with van der Waals surface area (Å²) in [4.78, 5) is 23.0. The summed E-state index contributed by atoms with van der Waals surface area (Å²) in [6.45, 7) is 1.83. The van der Waals surface area contributed by atoms with Crippen molar-refractivity contribution in [2.75, 3.05) is 23.3 Å². The number of amides is 1. The van der Waals surface area contributed by atoms with Crippen molar-refractivity contribution in [1.82, 2.24) is 19.7 Å². The fourth-order valence-corrected chi connectivity index (χ4v) is 3.30. The lowest BCUT2D eigenvalue weighted by Crippen LogP contribution is -2.23. The van der Waals surface area contributed by atoms with Crippen LogP contribution in [0.5, 0.6) is 0 Å². The Labute approximate surface area is 145 Å². The largest absolute Gasteiger partial charge is 0.355 e. The summed E-state index contributed by atoms with van der Waals surface area (Å²) in [6, 6.07) is 0.426. The number of anilines is 2. The lowest BCUT2D eigenvalue weighted by atomic mass is 9.93. The van der Waals surface area contributed by atoms with E-state index in [-0.39, 0.29) is 11.1 Å². The average molecular weight is 347 g/mol. The third-order valence-electron chi connectivity index (χ3n) is 4.74. The summed E-state index contributed by atoms with van der Waals surface area (Å²) >= 11 is 6.21. The van der Waals surface area contributed by atoms with E-state index in [1.54, 1.807) is 12.4 Å². The predicted molar refractivity (Wildman–Crippen MR) is 91.6 cm³/mol. The molecule has 126 valence electrons. The second-order valence-electron chi connectivity index (χ2n) is 6.31. The fourth-order valence-electron chi connectivity index (χ4n) is 3.12. The molecule has 1 amide bonds. The van der Waals surface area contributed by atoms with Gasteiger partial charge in [0.2, 0.25) is 0 Å². The molecule has 8 heteroatoms. The Balaban J connectivity index is 1.55. The zero-order valence-electron chi connectivity index (χ0n) is 13.3. The number of aromatic nitrogens is 4. The zero-order valence-corrected chi connectivity index (χ0v) is 14.0. The van der Waals surface area contributed by atoms with Crippen LogP contribution in [0.2, 0.25) is 5.15 Å². The number of hydrogen-bond donors (Lipinski definition) is 1. The van der Waals surface area contributed by atoms with Crippen LogP contribution in [0.1, 0.15) is 48.5 Å². The van der Waals surface area contributed by atoms with Gasteiger partial charge in [-0.25, -0.2) is 9.97 Å². The molecule has 0 bridgehead atoms. The monoisotopic (exact) mass is 346 g/mol. The molecule has 1 saturated heterocycles. The van der Waals surface area contributed by atoms with Crippen molar-refractivity contribution in [3.8, 4) is 0 Å². The Kier molecular flexibility index (Phi) is 4.10. The Morgan fingerprint density at radius 1 is 1.21 bits per heavy atom. The first-order valence-electron chi connectivity index (χ1n) is 8.33. The number of carbonyl (C=O) groups is 1. The lowest BCUT2D eigenvalue weighted by Gasteiger charge is -2.25. The molecule has 1 saturated carbocycles. The normalized spacial score (nSPS) is 17.8. The highest BCUT2D eigenvalue weighted by atomic mass is 35.5. The molecule has 0 spiro atoms. The van der Waals surface area contributed by atoms with Gasteiger partial charge < -0.3 is 10.2 Å². The number of halogens is 1. The van der Waals surface area contributed by atoms with E-state index in [2.05, 4.69) is 25.3 Å². The second kappa shape index (κ2) is 6.39. The van der Waals surface area contributed by atoms with Crippen molar-refractivity contribution in [2.45, 2.75) is 38.1 Å². The molecule has 0 aromatic carbocycles. The molecule has 0 atom stereocenters. The van der Waals surface area contributed by atoms with Gasteiger partial charge >= 0.3 is 0 Å². The molecule has 0 unspecified atom stereocenters. The Hall–Kier alpha value is -2.15. The van der Waals surface area contributed by atoms with E-state index in [9.17, 15) is 4.79 Å². The van der Waals surface area contributed by atoms with Crippen LogP contribution in [0.25, 0.3) is 0 Å². The van der Waals surface area contributed by atoms with Crippen LogP contribution in [-0.2, 0) is 0 Å². The highest BCUT2D eigenvalue weighted by Crippen LogP contribution is 2.33. The predicted octanol–water partition coefficient (Wildman–Crippen LogP) is 2.90. The van der Waals surface area contributed by atoms with Gasteiger partial charge in [-0.05, 0) is 32.1 Å². The van der Waals surface area contributed by atoms with Crippen molar-refractivity contribution in [3.05, 3.63) is 29.4 Å². The summed E-state index contributed by atoms with van der Waals surface area (Å²) < 4.78 is 1.88. The van der Waals surface area contributed by atoms with Gasteiger partial charge in [-0.2, -0.15) is 5.10 Å². The van der Waals surface area contributed by atoms with Crippen molar-refractivity contribution in [1.29, 1.82) is 0 Å². The Morgan fingerprint density at radius 3 is 2.71 bits per heavy atom. The van der Waals surface area contributed by atoms with Gasteiger partial charge in [0, 0.05) is 19.3 Å². The molecule has 24 heavy (non-hydrogen) atoms. The smallest absolute Gasteiger partial charge is 0.259 e. The first-order chi connectivity index (χ1) is 11.7. The quantitative estimate of drug-likeness (QED) is 0.861. The molecule has 0 radical (unpaired) electrons. The SMILES string of the molecule is O=C(Nc1c(Cl)ncnc1N1CCCC1)c1cnn(C2CCC2)c1. The first kappa shape index (κ1) is 15.4. The topological polar surface area (TPSA) is 75.9 Å². The minimum absolute atomic E-state index is 0.238. The van der Waals surface area contributed by atoms with Crippen LogP contribution in [0.4, 0.5) is 11.5 Å². The number of rotatable bonds is 4. The van der Waals surface area contributed by atoms with E-state index >= 15 is 0 Å². The van der Waals surface area contributed by atoms with Crippen molar-refractivity contribution in [3.63, 3.8) is 0 Å². The summed E-state index contributed by atoms with van der Waals surface area (Å²) in [5, 5.41) is 7.43. The van der Waals surface area contributed by atoms with Gasteiger partial charge in [0.25, 0.3) is 5.91 Å². The molecule has 4 rings (SSSR count). The Bertz CT molecular complexity index is 751. The summed E-state index contributed by atoms with van der Waals surface area (Å²) in [6.07, 6.45) is 10.5. The van der Waals surface area contributed by atoms with E-state index < -0.39 is 0 Å². The number of nitrogens with zero attached hydrogens (tertiary/aromatic N) is 5. The van der Waals surface area contributed by atoms with E-state index in [0.29, 0.717) is 23.1 Å². The minimum atomic E-state index is -0.238. The van der Waals surface area contributed by atoms with E-state index in [4.69, 9.17) is 11.6 Å². The van der Waals surface area contributed by atoms with Crippen molar-refractivity contribution >= 4 is 29.0 Å². The summed E-state index contributed by atoms with van der Waals surface area (Å²) in [5.74, 6) is 0.449. The number of hydrogen-bond acceptors (Lipinski definition) is 5. The second-order valence-corrected chi connectivity index (χ2v) is 6.66. The van der Waals surface area contributed by atoms with E-state index in [1.165, 1.54) is 12.7 Å². The van der Waals surface area contributed by atoms with Gasteiger partial charge in [0.15, 0.2) is 11.0 Å². The van der Waals surface area contributed by atoms with Gasteiger partial charge in [-0.1, -0.05) is 11.6 Å². The van der Waals surface area contributed by atoms with Gasteiger partial charge in [-0.3, -0.25) is 9.48 Å². The standard InChI is InChI=1S/C16H19ClN6O/c17-14-13(15(19-10-18-14)22-6-1-2-7-22)21-16(24)11-8-20-23(9-11)12-4-3-5-12/h8-10,12H,1-7H2,(H,21,24). The first-order valence-corrected chi connectivity index (χ1v) is 8.71. The lowest BCUT2D eigenvalue weighted by molar-refractivity contribution is 0.102. The van der Waals surface area contributed by atoms with Crippen LogP contribution in [-0.4, -0.2) is 38.7 Å². The van der Waals surface area contributed by atoms with E-state index in [0.717, 1.165) is 38.8 Å². The average Bonchev–Trinajstić information content (AvgIpc) is 3.19. The van der Waals surface area contributed by atoms with E-state index in [1.807, 2.05) is 4.68 Å². The van der Waals surface area contributed by atoms with Gasteiger partial charge in [0.1, 0.15) is 12.0 Å². The molecule has 1 N–H and O–H groups in total.